The highest BCUT2D eigenvalue weighted by Gasteiger charge is 2.25. The lowest BCUT2D eigenvalue weighted by molar-refractivity contribution is 0.198. The van der Waals surface area contributed by atoms with Crippen LogP contribution >= 0.6 is 0 Å². The number of fused-ring (bicyclic) bond motifs is 1. The number of benzene rings is 2. The molecule has 0 amide bonds. The highest BCUT2D eigenvalue weighted by molar-refractivity contribution is 5.40. The van der Waals surface area contributed by atoms with E-state index in [1.807, 2.05) is 24.3 Å². The number of rotatable bonds is 4. The van der Waals surface area contributed by atoms with E-state index < -0.39 is 6.10 Å². The van der Waals surface area contributed by atoms with Gasteiger partial charge in [0.25, 0.3) is 0 Å². The third-order valence-corrected chi connectivity index (χ3v) is 3.75. The summed E-state index contributed by atoms with van der Waals surface area (Å²) in [4.78, 5) is 0. The van der Waals surface area contributed by atoms with Crippen molar-refractivity contribution in [2.75, 3.05) is 6.61 Å². The van der Waals surface area contributed by atoms with Crippen molar-refractivity contribution in [2.24, 2.45) is 0 Å². The van der Waals surface area contributed by atoms with Gasteiger partial charge >= 0.3 is 0 Å². The van der Waals surface area contributed by atoms with Crippen LogP contribution in [-0.2, 0) is 6.42 Å². The van der Waals surface area contributed by atoms with Crippen LogP contribution in [0.15, 0.2) is 48.5 Å². The number of hydrogen-bond acceptors (Lipinski definition) is 2. The van der Waals surface area contributed by atoms with Gasteiger partial charge in [-0.3, -0.25) is 0 Å². The zero-order valence-corrected chi connectivity index (χ0v) is 11.0. The van der Waals surface area contributed by atoms with Gasteiger partial charge in [-0.15, -0.1) is 0 Å². The van der Waals surface area contributed by atoms with Crippen LogP contribution in [0.1, 0.15) is 35.6 Å². The molecule has 0 spiro atoms. The summed E-state index contributed by atoms with van der Waals surface area (Å²) in [6, 6.07) is 16.2. The molecule has 1 N–H and O–H groups in total. The van der Waals surface area contributed by atoms with Crippen molar-refractivity contribution < 1.29 is 9.84 Å². The van der Waals surface area contributed by atoms with Crippen molar-refractivity contribution in [3.8, 4) is 5.75 Å². The maximum Gasteiger partial charge on any atom is 0.119 e. The normalized spacial score (nSPS) is 18.3. The van der Waals surface area contributed by atoms with Crippen LogP contribution in [0.2, 0.25) is 0 Å². The van der Waals surface area contributed by atoms with Gasteiger partial charge in [-0.1, -0.05) is 36.4 Å². The molecule has 0 radical (unpaired) electrons. The van der Waals surface area contributed by atoms with E-state index in [-0.39, 0.29) is 0 Å². The Balaban J connectivity index is 1.63. The third-order valence-electron chi connectivity index (χ3n) is 3.75. The van der Waals surface area contributed by atoms with Gasteiger partial charge in [-0.05, 0) is 42.2 Å². The molecule has 1 aliphatic carbocycles. The summed E-state index contributed by atoms with van der Waals surface area (Å²) in [5, 5.41) is 9.56. The van der Waals surface area contributed by atoms with E-state index in [1.165, 1.54) is 11.1 Å². The minimum Gasteiger partial charge on any atom is -0.493 e. The fraction of sp³-hybridized carbons (Fsp3) is 0.294. The Bertz CT molecular complexity index is 575. The van der Waals surface area contributed by atoms with Gasteiger partial charge in [0.15, 0.2) is 0 Å². The highest BCUT2D eigenvalue weighted by Crippen LogP contribution is 2.35. The monoisotopic (exact) mass is 254 g/mol. The Hall–Kier alpha value is -1.80. The summed E-state index contributed by atoms with van der Waals surface area (Å²) in [7, 11) is 0. The van der Waals surface area contributed by atoms with Gasteiger partial charge in [0.1, 0.15) is 5.75 Å². The SMILES string of the molecule is C[C@H](O)c1cccc(OCC2Cc3ccccc32)c1. The van der Waals surface area contributed by atoms with Gasteiger partial charge in [0.2, 0.25) is 0 Å². The molecule has 0 bridgehead atoms. The van der Waals surface area contributed by atoms with Crippen molar-refractivity contribution >= 4 is 0 Å². The molecule has 2 aromatic carbocycles. The largest absolute Gasteiger partial charge is 0.493 e. The molecule has 0 saturated carbocycles. The summed E-state index contributed by atoms with van der Waals surface area (Å²) in [5.74, 6) is 1.34. The average molecular weight is 254 g/mol. The molecule has 2 aromatic rings. The van der Waals surface area contributed by atoms with Crippen molar-refractivity contribution in [2.45, 2.75) is 25.4 Å². The molecule has 2 nitrogen and oxygen atoms in total. The Kier molecular flexibility index (Phi) is 3.26. The molecule has 98 valence electrons. The van der Waals surface area contributed by atoms with Crippen LogP contribution in [0.5, 0.6) is 5.75 Å². The predicted molar refractivity (Wildman–Crippen MR) is 75.5 cm³/mol. The Labute approximate surface area is 113 Å². The van der Waals surface area contributed by atoms with Crippen LogP contribution in [0.25, 0.3) is 0 Å². The molecule has 1 aliphatic rings. The maximum absolute atomic E-state index is 9.56. The Morgan fingerprint density at radius 1 is 1.21 bits per heavy atom. The molecule has 0 fully saturated rings. The lowest BCUT2D eigenvalue weighted by Gasteiger charge is -2.29. The van der Waals surface area contributed by atoms with Crippen LogP contribution in [0, 0.1) is 0 Å². The van der Waals surface area contributed by atoms with E-state index in [1.54, 1.807) is 6.92 Å². The van der Waals surface area contributed by atoms with Crippen LogP contribution in [0.3, 0.4) is 0 Å². The lowest BCUT2D eigenvalue weighted by Crippen LogP contribution is -2.23. The van der Waals surface area contributed by atoms with Crippen LogP contribution in [-0.4, -0.2) is 11.7 Å². The lowest BCUT2D eigenvalue weighted by atomic mass is 9.78. The number of aliphatic hydroxyl groups excluding tert-OH is 1. The zero-order chi connectivity index (χ0) is 13.2. The smallest absolute Gasteiger partial charge is 0.119 e. The summed E-state index contributed by atoms with van der Waals surface area (Å²) in [6.07, 6.45) is 0.652. The first kappa shape index (κ1) is 12.2. The summed E-state index contributed by atoms with van der Waals surface area (Å²) < 4.78 is 5.85. The first-order valence-corrected chi connectivity index (χ1v) is 6.72. The Morgan fingerprint density at radius 3 is 2.84 bits per heavy atom. The van der Waals surface area contributed by atoms with Crippen LogP contribution in [0.4, 0.5) is 0 Å². The van der Waals surface area contributed by atoms with Gasteiger partial charge < -0.3 is 9.84 Å². The van der Waals surface area contributed by atoms with E-state index in [2.05, 4.69) is 24.3 Å². The number of aliphatic hydroxyl groups is 1. The van der Waals surface area contributed by atoms with Crippen molar-refractivity contribution in [1.29, 1.82) is 0 Å². The second-order valence-corrected chi connectivity index (χ2v) is 5.16. The van der Waals surface area contributed by atoms with Crippen LogP contribution < -0.4 is 4.74 Å². The maximum atomic E-state index is 9.56. The van der Waals surface area contributed by atoms with Gasteiger partial charge in [0, 0.05) is 5.92 Å². The summed E-state index contributed by atoms with van der Waals surface area (Å²) >= 11 is 0. The molecule has 1 unspecified atom stereocenters. The molecule has 3 rings (SSSR count). The fourth-order valence-corrected chi connectivity index (χ4v) is 2.57. The summed E-state index contributed by atoms with van der Waals surface area (Å²) in [5.41, 5.74) is 3.74. The van der Waals surface area contributed by atoms with Gasteiger partial charge in [0.05, 0.1) is 12.7 Å². The molecule has 0 aliphatic heterocycles. The molecule has 0 heterocycles. The van der Waals surface area contributed by atoms with Crippen molar-refractivity contribution in [1.82, 2.24) is 0 Å². The number of hydrogen-bond donors (Lipinski definition) is 1. The van der Waals surface area contributed by atoms with E-state index in [0.29, 0.717) is 12.5 Å². The minimum absolute atomic E-state index is 0.451. The summed E-state index contributed by atoms with van der Waals surface area (Å²) in [6.45, 7) is 2.47. The van der Waals surface area contributed by atoms with Crippen molar-refractivity contribution in [3.63, 3.8) is 0 Å². The topological polar surface area (TPSA) is 29.5 Å². The molecule has 0 aromatic heterocycles. The molecular formula is C17H18O2. The van der Waals surface area contributed by atoms with Crippen molar-refractivity contribution in [3.05, 3.63) is 65.2 Å². The Morgan fingerprint density at radius 2 is 2.05 bits per heavy atom. The number of ether oxygens (including phenoxy) is 1. The second-order valence-electron chi connectivity index (χ2n) is 5.16. The molecular weight excluding hydrogens is 236 g/mol. The predicted octanol–water partition coefficient (Wildman–Crippen LogP) is 3.46. The van der Waals surface area contributed by atoms with E-state index in [4.69, 9.17) is 4.74 Å². The highest BCUT2D eigenvalue weighted by atomic mass is 16.5. The first-order chi connectivity index (χ1) is 9.24. The second kappa shape index (κ2) is 5.06. The molecule has 0 saturated heterocycles. The van der Waals surface area contributed by atoms with Gasteiger partial charge in [-0.25, -0.2) is 0 Å². The van der Waals surface area contributed by atoms with E-state index >= 15 is 0 Å². The van der Waals surface area contributed by atoms with E-state index in [0.717, 1.165) is 17.7 Å². The standard InChI is InChI=1S/C17H18O2/c1-12(18)13-6-4-7-16(10-13)19-11-15-9-14-5-2-3-8-17(14)15/h2-8,10,12,15,18H,9,11H2,1H3/t12-,15?/m0/s1. The zero-order valence-electron chi connectivity index (χ0n) is 11.0. The fourth-order valence-electron chi connectivity index (χ4n) is 2.57. The molecule has 2 heteroatoms. The molecule has 19 heavy (non-hydrogen) atoms. The van der Waals surface area contributed by atoms with Gasteiger partial charge in [-0.2, -0.15) is 0 Å². The quantitative estimate of drug-likeness (QED) is 0.905. The third kappa shape index (κ3) is 2.49. The minimum atomic E-state index is -0.451. The first-order valence-electron chi connectivity index (χ1n) is 6.72. The van der Waals surface area contributed by atoms with E-state index in [9.17, 15) is 5.11 Å². The average Bonchev–Trinajstić information content (AvgIpc) is 2.40. The molecule has 2 atom stereocenters.